The molecule has 0 aromatic heterocycles. The Kier molecular flexibility index (Phi) is 10.2. The predicted molar refractivity (Wildman–Crippen MR) is 107 cm³/mol. The van der Waals surface area contributed by atoms with Gasteiger partial charge >= 0.3 is 0 Å². The highest BCUT2D eigenvalue weighted by atomic mass is 19.1. The van der Waals surface area contributed by atoms with Crippen LogP contribution in [0.5, 0.6) is 0 Å². The van der Waals surface area contributed by atoms with Crippen LogP contribution in [0.25, 0.3) is 0 Å². The molecule has 1 aliphatic heterocycles. The number of β-amino-alcohol motifs (C(OH)–C–C–N with tert-alkyl or cyclic N) is 1. The number of ether oxygens (including phenoxy) is 3. The second-order valence-corrected chi connectivity index (χ2v) is 6.99. The molecule has 1 amide bonds. The maximum absolute atomic E-state index is 13.5. The van der Waals surface area contributed by atoms with Crippen LogP contribution < -0.4 is 0 Å². The minimum Gasteiger partial charge on any atom is -0.389 e. The lowest BCUT2D eigenvalue weighted by Gasteiger charge is -2.36. The zero-order valence-electron chi connectivity index (χ0n) is 17.0. The van der Waals surface area contributed by atoms with Gasteiger partial charge in [-0.05, 0) is 18.2 Å². The number of morpholine rings is 1. The highest BCUT2D eigenvalue weighted by molar-refractivity contribution is 5.94. The molecule has 1 aromatic carbocycles. The largest absolute Gasteiger partial charge is 0.389 e. The van der Waals surface area contributed by atoms with E-state index < -0.39 is 11.9 Å². The van der Waals surface area contributed by atoms with Gasteiger partial charge in [-0.3, -0.25) is 9.69 Å². The van der Waals surface area contributed by atoms with Crippen LogP contribution in [0.4, 0.5) is 4.39 Å². The van der Waals surface area contributed by atoms with Gasteiger partial charge in [-0.25, -0.2) is 4.39 Å². The molecular weight excluding hydrogens is 379 g/mol. The van der Waals surface area contributed by atoms with Crippen LogP contribution >= 0.6 is 0 Å². The molecule has 29 heavy (non-hydrogen) atoms. The summed E-state index contributed by atoms with van der Waals surface area (Å²) in [5.41, 5.74) is 0.295. The fourth-order valence-electron chi connectivity index (χ4n) is 3.22. The third kappa shape index (κ3) is 8.20. The van der Waals surface area contributed by atoms with E-state index in [1.54, 1.807) is 24.2 Å². The Morgan fingerprint density at radius 1 is 1.55 bits per heavy atom. The van der Waals surface area contributed by atoms with Gasteiger partial charge in [-0.2, -0.15) is 0 Å². The molecule has 0 spiro atoms. The minimum absolute atomic E-state index is 0.209. The lowest BCUT2D eigenvalue weighted by atomic mass is 10.1. The molecule has 0 aliphatic carbocycles. The number of carbonyl (C=O) groups is 1. The van der Waals surface area contributed by atoms with Crippen molar-refractivity contribution < 1.29 is 28.5 Å². The van der Waals surface area contributed by atoms with Crippen LogP contribution in [-0.4, -0.2) is 99.3 Å². The molecule has 1 heterocycles. The van der Waals surface area contributed by atoms with Gasteiger partial charge in [0.05, 0.1) is 38.6 Å². The number of hydrogen-bond acceptors (Lipinski definition) is 6. The average Bonchev–Trinajstić information content (AvgIpc) is 2.71. The van der Waals surface area contributed by atoms with Crippen LogP contribution in [0.2, 0.25) is 0 Å². The van der Waals surface area contributed by atoms with Gasteiger partial charge in [0.25, 0.3) is 5.91 Å². The van der Waals surface area contributed by atoms with Crippen LogP contribution in [0.3, 0.4) is 0 Å². The number of rotatable bonds is 12. The quantitative estimate of drug-likeness (QED) is 0.412. The Morgan fingerprint density at radius 2 is 2.38 bits per heavy atom. The zero-order chi connectivity index (χ0) is 21.1. The first-order valence-corrected chi connectivity index (χ1v) is 9.78. The molecule has 1 aliphatic rings. The maximum Gasteiger partial charge on any atom is 0.254 e. The smallest absolute Gasteiger partial charge is 0.254 e. The number of amides is 1. The maximum atomic E-state index is 13.5. The van der Waals surface area contributed by atoms with Crippen LogP contribution in [0, 0.1) is 5.82 Å². The number of methoxy groups -OCH3 is 1. The molecule has 1 aromatic rings. The van der Waals surface area contributed by atoms with Gasteiger partial charge in [0, 0.05) is 45.4 Å². The molecule has 0 unspecified atom stereocenters. The van der Waals surface area contributed by atoms with Crippen molar-refractivity contribution in [3.8, 4) is 0 Å². The predicted octanol–water partition coefficient (Wildman–Crippen LogP) is 1.18. The van der Waals surface area contributed by atoms with Crippen molar-refractivity contribution in [3.63, 3.8) is 0 Å². The molecule has 162 valence electrons. The SMILES string of the molecule is C=CCOC[C@@H](O)CN1CCO[C@H](CN(CCOC)C(=O)c2cccc(F)c2)C1. The lowest BCUT2D eigenvalue weighted by Crippen LogP contribution is -2.51. The molecule has 2 rings (SSSR count). The molecule has 0 saturated carbocycles. The van der Waals surface area contributed by atoms with E-state index in [2.05, 4.69) is 11.5 Å². The topological polar surface area (TPSA) is 71.5 Å². The van der Waals surface area contributed by atoms with E-state index in [9.17, 15) is 14.3 Å². The standard InChI is InChI=1S/C21H31FN2O5/c1-3-9-28-16-19(25)13-23-7-11-29-20(14-23)15-24(8-10-27-2)21(26)17-5-4-6-18(22)12-17/h3-6,12,19-20,25H,1,7-11,13-16H2,2H3/t19-,20-/m0/s1. The van der Waals surface area contributed by atoms with Gasteiger partial charge in [0.1, 0.15) is 5.82 Å². The van der Waals surface area contributed by atoms with E-state index in [0.717, 1.165) is 0 Å². The fraction of sp³-hybridized carbons (Fsp3) is 0.571. The summed E-state index contributed by atoms with van der Waals surface area (Å²) in [6.45, 7) is 7.59. The van der Waals surface area contributed by atoms with Crippen molar-refractivity contribution in [1.29, 1.82) is 0 Å². The average molecular weight is 410 g/mol. The molecular formula is C21H31FN2O5. The van der Waals surface area contributed by atoms with Crippen molar-refractivity contribution in [2.45, 2.75) is 12.2 Å². The lowest BCUT2D eigenvalue weighted by molar-refractivity contribution is -0.0585. The first-order chi connectivity index (χ1) is 14.0. The molecule has 1 fully saturated rings. The van der Waals surface area contributed by atoms with Crippen LogP contribution in [-0.2, 0) is 14.2 Å². The summed E-state index contributed by atoms with van der Waals surface area (Å²) < 4.78 is 29.8. The van der Waals surface area contributed by atoms with Crippen molar-refractivity contribution in [2.75, 3.05) is 66.3 Å². The number of carbonyl (C=O) groups excluding carboxylic acids is 1. The molecule has 8 heteroatoms. The highest BCUT2D eigenvalue weighted by Crippen LogP contribution is 2.12. The van der Waals surface area contributed by atoms with Crippen molar-refractivity contribution in [1.82, 2.24) is 9.80 Å². The number of nitrogens with zero attached hydrogens (tertiary/aromatic N) is 2. The number of halogens is 1. The molecule has 1 saturated heterocycles. The Hall–Kier alpha value is -1.84. The number of benzene rings is 1. The fourth-order valence-corrected chi connectivity index (χ4v) is 3.22. The molecule has 2 atom stereocenters. The Balaban J connectivity index is 1.93. The summed E-state index contributed by atoms with van der Waals surface area (Å²) in [6, 6.07) is 5.66. The van der Waals surface area contributed by atoms with Gasteiger partial charge < -0.3 is 24.2 Å². The first-order valence-electron chi connectivity index (χ1n) is 9.78. The van der Waals surface area contributed by atoms with Crippen LogP contribution in [0.1, 0.15) is 10.4 Å². The summed E-state index contributed by atoms with van der Waals surface area (Å²) in [4.78, 5) is 16.6. The molecule has 7 nitrogen and oxygen atoms in total. The van der Waals surface area contributed by atoms with E-state index in [1.165, 1.54) is 18.2 Å². The van der Waals surface area contributed by atoms with Crippen molar-refractivity contribution in [3.05, 3.63) is 48.3 Å². The first kappa shape index (κ1) is 23.4. The molecule has 0 radical (unpaired) electrons. The van der Waals surface area contributed by atoms with Gasteiger partial charge in [0.2, 0.25) is 0 Å². The Morgan fingerprint density at radius 3 is 3.10 bits per heavy atom. The molecule has 0 bridgehead atoms. The van der Waals surface area contributed by atoms with E-state index in [1.807, 2.05) is 0 Å². The van der Waals surface area contributed by atoms with Gasteiger partial charge in [-0.1, -0.05) is 12.1 Å². The van der Waals surface area contributed by atoms with Crippen molar-refractivity contribution >= 4 is 5.91 Å². The third-order valence-corrected chi connectivity index (χ3v) is 4.59. The number of aliphatic hydroxyl groups excluding tert-OH is 1. The monoisotopic (exact) mass is 410 g/mol. The third-order valence-electron chi connectivity index (χ3n) is 4.59. The van der Waals surface area contributed by atoms with E-state index in [0.29, 0.717) is 58.1 Å². The van der Waals surface area contributed by atoms with Crippen molar-refractivity contribution in [2.24, 2.45) is 0 Å². The number of hydrogen-bond donors (Lipinski definition) is 1. The summed E-state index contributed by atoms with van der Waals surface area (Å²) in [7, 11) is 1.57. The molecule has 1 N–H and O–H groups in total. The summed E-state index contributed by atoms with van der Waals surface area (Å²) in [5, 5.41) is 10.1. The van der Waals surface area contributed by atoms with Gasteiger partial charge in [0.15, 0.2) is 0 Å². The normalized spacial score (nSPS) is 18.4. The minimum atomic E-state index is -0.604. The van der Waals surface area contributed by atoms with E-state index in [-0.39, 0.29) is 18.6 Å². The zero-order valence-corrected chi connectivity index (χ0v) is 17.0. The van der Waals surface area contributed by atoms with E-state index >= 15 is 0 Å². The van der Waals surface area contributed by atoms with Crippen LogP contribution in [0.15, 0.2) is 36.9 Å². The van der Waals surface area contributed by atoms with Gasteiger partial charge in [-0.15, -0.1) is 6.58 Å². The summed E-state index contributed by atoms with van der Waals surface area (Å²) in [5.74, 6) is -0.713. The summed E-state index contributed by atoms with van der Waals surface area (Å²) >= 11 is 0. The van der Waals surface area contributed by atoms with E-state index in [4.69, 9.17) is 14.2 Å². The summed E-state index contributed by atoms with van der Waals surface area (Å²) in [6.07, 6.45) is 0.827. The second-order valence-electron chi connectivity index (χ2n) is 6.99. The Bertz CT molecular complexity index is 645. The number of aliphatic hydroxyl groups is 1. The second kappa shape index (κ2) is 12.7. The highest BCUT2D eigenvalue weighted by Gasteiger charge is 2.26. The Labute approximate surface area is 171 Å².